The summed E-state index contributed by atoms with van der Waals surface area (Å²) >= 11 is 6.02. The lowest BCUT2D eigenvalue weighted by Gasteiger charge is -2.28. The lowest BCUT2D eigenvalue weighted by molar-refractivity contribution is 0.0924. The molecule has 1 N–H and O–H groups in total. The topological polar surface area (TPSA) is 29.1 Å². The Morgan fingerprint density at radius 3 is 2.68 bits per heavy atom. The first-order chi connectivity index (χ1) is 9.10. The molecule has 0 bridgehead atoms. The SMILES string of the molecule is CSC1CCC(NC(=O)c2cc(S)ccc2F)CC1. The number of halogens is 1. The van der Waals surface area contributed by atoms with E-state index in [1.807, 2.05) is 11.8 Å². The molecule has 0 aliphatic heterocycles. The predicted molar refractivity (Wildman–Crippen MR) is 80.7 cm³/mol. The average Bonchev–Trinajstić information content (AvgIpc) is 2.42. The Kier molecular flexibility index (Phi) is 5.16. The number of hydrogen-bond donors (Lipinski definition) is 2. The Morgan fingerprint density at radius 1 is 1.37 bits per heavy atom. The molecule has 0 heterocycles. The number of thiol groups is 1. The summed E-state index contributed by atoms with van der Waals surface area (Å²) in [6, 6.07) is 4.46. The van der Waals surface area contributed by atoms with E-state index < -0.39 is 5.82 Å². The number of benzene rings is 1. The molecule has 0 unspecified atom stereocenters. The summed E-state index contributed by atoms with van der Waals surface area (Å²) in [6.45, 7) is 0. The monoisotopic (exact) mass is 299 g/mol. The lowest BCUT2D eigenvalue weighted by atomic mass is 9.94. The normalized spacial score (nSPS) is 23.1. The van der Waals surface area contributed by atoms with Crippen molar-refractivity contribution < 1.29 is 9.18 Å². The van der Waals surface area contributed by atoms with Gasteiger partial charge in [0.2, 0.25) is 0 Å². The standard InChI is InChI=1S/C14H18FNOS2/c1-19-11-5-2-9(3-6-11)16-14(17)12-8-10(18)4-7-13(12)15/h4,7-9,11,18H,2-3,5-6H2,1H3,(H,16,17). The summed E-state index contributed by atoms with van der Waals surface area (Å²) in [6.07, 6.45) is 6.29. The minimum absolute atomic E-state index is 0.0829. The average molecular weight is 299 g/mol. The van der Waals surface area contributed by atoms with Crippen molar-refractivity contribution in [2.45, 2.75) is 41.9 Å². The summed E-state index contributed by atoms with van der Waals surface area (Å²) in [7, 11) is 0. The third kappa shape index (κ3) is 3.89. The van der Waals surface area contributed by atoms with Crippen LogP contribution < -0.4 is 5.32 Å². The number of carbonyl (C=O) groups is 1. The van der Waals surface area contributed by atoms with Gasteiger partial charge in [0.1, 0.15) is 5.82 Å². The van der Waals surface area contributed by atoms with Crippen molar-refractivity contribution in [3.63, 3.8) is 0 Å². The van der Waals surface area contributed by atoms with E-state index in [0.29, 0.717) is 10.1 Å². The van der Waals surface area contributed by atoms with Gasteiger partial charge in [-0.15, -0.1) is 12.6 Å². The first-order valence-corrected chi connectivity index (χ1v) is 8.16. The second-order valence-corrected chi connectivity index (χ2v) is 6.50. The van der Waals surface area contributed by atoms with Crippen LogP contribution in [0.25, 0.3) is 0 Å². The largest absolute Gasteiger partial charge is 0.349 e. The van der Waals surface area contributed by atoms with Crippen LogP contribution in [0, 0.1) is 5.82 Å². The van der Waals surface area contributed by atoms with Crippen LogP contribution in [0.1, 0.15) is 36.0 Å². The van der Waals surface area contributed by atoms with Crippen LogP contribution in [-0.4, -0.2) is 23.5 Å². The molecule has 2 rings (SSSR count). The molecule has 1 aliphatic carbocycles. The summed E-state index contributed by atoms with van der Waals surface area (Å²) in [5.74, 6) is -0.825. The Balaban J connectivity index is 1.96. The van der Waals surface area contributed by atoms with Gasteiger partial charge in [0.15, 0.2) is 0 Å². The van der Waals surface area contributed by atoms with E-state index in [2.05, 4.69) is 24.2 Å². The molecule has 104 valence electrons. The van der Waals surface area contributed by atoms with Crippen molar-refractivity contribution in [1.29, 1.82) is 0 Å². The van der Waals surface area contributed by atoms with Gasteiger partial charge in [0, 0.05) is 16.2 Å². The van der Waals surface area contributed by atoms with Gasteiger partial charge in [-0.3, -0.25) is 4.79 Å². The molecule has 1 aliphatic rings. The highest BCUT2D eigenvalue weighted by molar-refractivity contribution is 7.99. The molecule has 0 atom stereocenters. The Morgan fingerprint density at radius 2 is 2.05 bits per heavy atom. The predicted octanol–water partition coefficient (Wildman–Crippen LogP) is 3.52. The van der Waals surface area contributed by atoms with Gasteiger partial charge in [-0.25, -0.2) is 4.39 Å². The fourth-order valence-corrected chi connectivity index (χ4v) is 3.34. The molecule has 0 aromatic heterocycles. The highest BCUT2D eigenvalue weighted by Crippen LogP contribution is 2.27. The molecule has 0 radical (unpaired) electrons. The van der Waals surface area contributed by atoms with Crippen molar-refractivity contribution in [2.75, 3.05) is 6.26 Å². The highest BCUT2D eigenvalue weighted by Gasteiger charge is 2.23. The van der Waals surface area contributed by atoms with Crippen molar-refractivity contribution in [3.8, 4) is 0 Å². The van der Waals surface area contributed by atoms with Crippen molar-refractivity contribution in [3.05, 3.63) is 29.6 Å². The number of carbonyl (C=O) groups excluding carboxylic acids is 1. The highest BCUT2D eigenvalue weighted by atomic mass is 32.2. The van der Waals surface area contributed by atoms with E-state index in [9.17, 15) is 9.18 Å². The maximum Gasteiger partial charge on any atom is 0.254 e. The van der Waals surface area contributed by atoms with Gasteiger partial charge in [-0.2, -0.15) is 11.8 Å². The fourth-order valence-electron chi connectivity index (χ4n) is 2.39. The zero-order chi connectivity index (χ0) is 13.8. The Labute approximate surface area is 123 Å². The molecule has 1 aromatic carbocycles. The van der Waals surface area contributed by atoms with Gasteiger partial charge in [0.25, 0.3) is 5.91 Å². The maximum absolute atomic E-state index is 13.6. The van der Waals surface area contributed by atoms with Crippen molar-refractivity contribution in [1.82, 2.24) is 5.32 Å². The second kappa shape index (κ2) is 6.66. The molecule has 1 fully saturated rings. The van der Waals surface area contributed by atoms with Crippen LogP contribution >= 0.6 is 24.4 Å². The van der Waals surface area contributed by atoms with Gasteiger partial charge in [-0.1, -0.05) is 0 Å². The quantitative estimate of drug-likeness (QED) is 0.836. The summed E-state index contributed by atoms with van der Waals surface area (Å²) in [5.41, 5.74) is 0.0829. The molecule has 1 aromatic rings. The minimum Gasteiger partial charge on any atom is -0.349 e. The second-order valence-electron chi connectivity index (χ2n) is 4.85. The molecule has 19 heavy (non-hydrogen) atoms. The minimum atomic E-state index is -0.493. The molecular formula is C14H18FNOS2. The first kappa shape index (κ1) is 14.7. The van der Waals surface area contributed by atoms with Crippen LogP contribution in [0.3, 0.4) is 0 Å². The van der Waals surface area contributed by atoms with Crippen molar-refractivity contribution >= 4 is 30.3 Å². The van der Waals surface area contributed by atoms with Crippen LogP contribution in [0.2, 0.25) is 0 Å². The molecule has 1 saturated carbocycles. The van der Waals surface area contributed by atoms with E-state index in [1.54, 1.807) is 6.07 Å². The van der Waals surface area contributed by atoms with E-state index in [0.717, 1.165) is 25.7 Å². The molecule has 0 saturated heterocycles. The van der Waals surface area contributed by atoms with E-state index in [-0.39, 0.29) is 17.5 Å². The van der Waals surface area contributed by atoms with Crippen LogP contribution in [0.15, 0.2) is 23.1 Å². The molecule has 5 heteroatoms. The number of thioether (sulfide) groups is 1. The molecule has 1 amide bonds. The first-order valence-electron chi connectivity index (χ1n) is 6.42. The number of nitrogens with one attached hydrogen (secondary N) is 1. The third-order valence-electron chi connectivity index (χ3n) is 3.54. The Hall–Kier alpha value is -0.680. The van der Waals surface area contributed by atoms with E-state index in [1.165, 1.54) is 12.1 Å². The van der Waals surface area contributed by atoms with E-state index in [4.69, 9.17) is 0 Å². The lowest BCUT2D eigenvalue weighted by Crippen LogP contribution is -2.38. The zero-order valence-corrected chi connectivity index (χ0v) is 12.6. The zero-order valence-electron chi connectivity index (χ0n) is 10.9. The molecule has 2 nitrogen and oxygen atoms in total. The molecule has 0 spiro atoms. The van der Waals surface area contributed by atoms with Gasteiger partial charge < -0.3 is 5.32 Å². The number of rotatable bonds is 3. The van der Waals surface area contributed by atoms with Gasteiger partial charge in [0.05, 0.1) is 5.56 Å². The Bertz CT molecular complexity index is 459. The van der Waals surface area contributed by atoms with Crippen LogP contribution in [0.4, 0.5) is 4.39 Å². The summed E-state index contributed by atoms with van der Waals surface area (Å²) in [4.78, 5) is 12.6. The van der Waals surface area contributed by atoms with Crippen LogP contribution in [0.5, 0.6) is 0 Å². The summed E-state index contributed by atoms with van der Waals surface area (Å²) < 4.78 is 13.6. The van der Waals surface area contributed by atoms with Crippen molar-refractivity contribution in [2.24, 2.45) is 0 Å². The number of amides is 1. The number of hydrogen-bond acceptors (Lipinski definition) is 3. The maximum atomic E-state index is 13.6. The summed E-state index contributed by atoms with van der Waals surface area (Å²) in [5, 5.41) is 3.63. The van der Waals surface area contributed by atoms with Gasteiger partial charge in [-0.05, 0) is 50.1 Å². The van der Waals surface area contributed by atoms with E-state index >= 15 is 0 Å². The smallest absolute Gasteiger partial charge is 0.254 e. The molecular weight excluding hydrogens is 281 g/mol. The third-order valence-corrected chi connectivity index (χ3v) is 4.95. The van der Waals surface area contributed by atoms with Crippen LogP contribution in [-0.2, 0) is 0 Å². The van der Waals surface area contributed by atoms with Gasteiger partial charge >= 0.3 is 0 Å². The fraction of sp³-hybridized carbons (Fsp3) is 0.500.